The van der Waals surface area contributed by atoms with Crippen LogP contribution < -0.4 is 11.1 Å². The van der Waals surface area contributed by atoms with Crippen molar-refractivity contribution in [3.8, 4) is 11.3 Å². The zero-order chi connectivity index (χ0) is 16.9. The molecule has 0 saturated carbocycles. The van der Waals surface area contributed by atoms with E-state index >= 15 is 0 Å². The highest BCUT2D eigenvalue weighted by Crippen LogP contribution is 2.23. The summed E-state index contributed by atoms with van der Waals surface area (Å²) < 4.78 is 5.32. The number of carbonyl (C=O) groups is 1. The predicted molar refractivity (Wildman–Crippen MR) is 95.0 cm³/mol. The standard InChI is InChI=1S/C17H20N4O2S/c1-24-17-20-14(10-15(18)21-17)11-3-2-4-12(9-11)16(22)19-13-5-7-23-8-6-13/h2-4,9-10,13H,5-8H2,1H3,(H,19,22)(H2,18,20,21). The zero-order valence-electron chi connectivity index (χ0n) is 13.5. The van der Waals surface area contributed by atoms with Crippen molar-refractivity contribution in [3.05, 3.63) is 35.9 Å². The molecule has 1 aliphatic heterocycles. The van der Waals surface area contributed by atoms with Crippen molar-refractivity contribution in [3.63, 3.8) is 0 Å². The number of anilines is 1. The maximum atomic E-state index is 12.5. The van der Waals surface area contributed by atoms with Gasteiger partial charge in [0.1, 0.15) is 5.82 Å². The molecule has 2 aromatic rings. The molecular weight excluding hydrogens is 324 g/mol. The van der Waals surface area contributed by atoms with Crippen molar-refractivity contribution in [2.24, 2.45) is 0 Å². The number of rotatable bonds is 4. The van der Waals surface area contributed by atoms with Crippen LogP contribution in [0.4, 0.5) is 5.82 Å². The van der Waals surface area contributed by atoms with E-state index in [0.717, 1.165) is 18.4 Å². The van der Waals surface area contributed by atoms with Gasteiger partial charge < -0.3 is 15.8 Å². The third-order valence-corrected chi connectivity index (χ3v) is 4.43. The number of ether oxygens (including phenoxy) is 1. The Labute approximate surface area is 145 Å². The van der Waals surface area contributed by atoms with Gasteiger partial charge in [0, 0.05) is 36.4 Å². The number of thioether (sulfide) groups is 1. The molecule has 1 amide bonds. The van der Waals surface area contributed by atoms with E-state index < -0.39 is 0 Å². The summed E-state index contributed by atoms with van der Waals surface area (Å²) in [4.78, 5) is 21.1. The normalized spacial score (nSPS) is 15.2. The van der Waals surface area contributed by atoms with Gasteiger partial charge >= 0.3 is 0 Å². The molecule has 6 nitrogen and oxygen atoms in total. The quantitative estimate of drug-likeness (QED) is 0.654. The monoisotopic (exact) mass is 344 g/mol. The topological polar surface area (TPSA) is 90.1 Å². The predicted octanol–water partition coefficient (Wildman–Crippen LogP) is 2.36. The van der Waals surface area contributed by atoms with Gasteiger partial charge in [-0.15, -0.1) is 0 Å². The molecule has 1 aromatic heterocycles. The number of amides is 1. The SMILES string of the molecule is CSc1nc(N)cc(-c2cccc(C(=O)NC3CCOCC3)c2)n1. The Morgan fingerprint density at radius 3 is 2.83 bits per heavy atom. The largest absolute Gasteiger partial charge is 0.384 e. The molecule has 2 heterocycles. The summed E-state index contributed by atoms with van der Waals surface area (Å²) in [6, 6.07) is 9.30. The molecule has 0 radical (unpaired) electrons. The van der Waals surface area contributed by atoms with E-state index in [1.807, 2.05) is 24.5 Å². The lowest BCUT2D eigenvalue weighted by atomic mass is 10.1. The first-order valence-electron chi connectivity index (χ1n) is 7.83. The van der Waals surface area contributed by atoms with Crippen molar-refractivity contribution in [2.75, 3.05) is 25.2 Å². The first-order valence-corrected chi connectivity index (χ1v) is 9.06. The third kappa shape index (κ3) is 4.04. The Balaban J connectivity index is 1.81. The van der Waals surface area contributed by atoms with Gasteiger partial charge in [0.15, 0.2) is 5.16 Å². The van der Waals surface area contributed by atoms with Crippen LogP contribution in [0.1, 0.15) is 23.2 Å². The van der Waals surface area contributed by atoms with Crippen LogP contribution >= 0.6 is 11.8 Å². The smallest absolute Gasteiger partial charge is 0.251 e. The summed E-state index contributed by atoms with van der Waals surface area (Å²) >= 11 is 1.43. The molecule has 126 valence electrons. The van der Waals surface area contributed by atoms with Crippen LogP contribution in [0.25, 0.3) is 11.3 Å². The molecule has 1 fully saturated rings. The minimum atomic E-state index is -0.0733. The molecule has 0 atom stereocenters. The number of nitrogens with zero attached hydrogens (tertiary/aromatic N) is 2. The molecule has 3 rings (SSSR count). The molecule has 1 aromatic carbocycles. The van der Waals surface area contributed by atoms with Crippen molar-refractivity contribution in [1.29, 1.82) is 0 Å². The van der Waals surface area contributed by atoms with E-state index in [2.05, 4.69) is 15.3 Å². The summed E-state index contributed by atoms with van der Waals surface area (Å²) in [7, 11) is 0. The highest BCUT2D eigenvalue weighted by molar-refractivity contribution is 7.98. The van der Waals surface area contributed by atoms with Gasteiger partial charge in [-0.25, -0.2) is 9.97 Å². The maximum absolute atomic E-state index is 12.5. The van der Waals surface area contributed by atoms with E-state index in [1.165, 1.54) is 11.8 Å². The van der Waals surface area contributed by atoms with Crippen molar-refractivity contribution >= 4 is 23.5 Å². The van der Waals surface area contributed by atoms with E-state index in [4.69, 9.17) is 10.5 Å². The second kappa shape index (κ2) is 7.63. The number of nitrogens with one attached hydrogen (secondary N) is 1. The van der Waals surface area contributed by atoms with E-state index in [9.17, 15) is 4.79 Å². The summed E-state index contributed by atoms with van der Waals surface area (Å²) in [6.45, 7) is 1.39. The minimum absolute atomic E-state index is 0.0733. The minimum Gasteiger partial charge on any atom is -0.384 e. The first-order chi connectivity index (χ1) is 11.7. The van der Waals surface area contributed by atoms with Crippen LogP contribution in [0.3, 0.4) is 0 Å². The maximum Gasteiger partial charge on any atom is 0.251 e. The number of nitrogens with two attached hydrogens (primary N) is 1. The Bertz CT molecular complexity index is 732. The van der Waals surface area contributed by atoms with E-state index in [0.29, 0.717) is 35.4 Å². The van der Waals surface area contributed by atoms with Crippen LogP contribution in [0.5, 0.6) is 0 Å². The van der Waals surface area contributed by atoms with Crippen LogP contribution in [0.15, 0.2) is 35.5 Å². The summed E-state index contributed by atoms with van der Waals surface area (Å²) in [5.74, 6) is 0.345. The number of hydrogen-bond acceptors (Lipinski definition) is 6. The van der Waals surface area contributed by atoms with Gasteiger partial charge in [0.2, 0.25) is 0 Å². The first kappa shape index (κ1) is 16.7. The molecule has 1 saturated heterocycles. The number of benzene rings is 1. The molecule has 0 spiro atoms. The lowest BCUT2D eigenvalue weighted by molar-refractivity contribution is 0.0696. The summed E-state index contributed by atoms with van der Waals surface area (Å²) in [5.41, 5.74) is 8.01. The third-order valence-electron chi connectivity index (χ3n) is 3.89. The second-order valence-electron chi connectivity index (χ2n) is 5.61. The molecule has 0 aliphatic carbocycles. The second-order valence-corrected chi connectivity index (χ2v) is 6.38. The van der Waals surface area contributed by atoms with Gasteiger partial charge in [0.25, 0.3) is 5.91 Å². The van der Waals surface area contributed by atoms with E-state index in [-0.39, 0.29) is 11.9 Å². The van der Waals surface area contributed by atoms with E-state index in [1.54, 1.807) is 12.1 Å². The molecule has 0 unspecified atom stereocenters. The van der Waals surface area contributed by atoms with Gasteiger partial charge in [-0.2, -0.15) is 0 Å². The van der Waals surface area contributed by atoms with Crippen LogP contribution in [0, 0.1) is 0 Å². The fraction of sp³-hybridized carbons (Fsp3) is 0.353. The molecular formula is C17H20N4O2S. The zero-order valence-corrected chi connectivity index (χ0v) is 14.3. The Kier molecular flexibility index (Phi) is 5.32. The highest BCUT2D eigenvalue weighted by atomic mass is 32.2. The van der Waals surface area contributed by atoms with Gasteiger partial charge in [0.05, 0.1) is 5.69 Å². The number of aromatic nitrogens is 2. The average Bonchev–Trinajstić information content (AvgIpc) is 2.62. The molecule has 7 heteroatoms. The van der Waals surface area contributed by atoms with Crippen molar-refractivity contribution < 1.29 is 9.53 Å². The van der Waals surface area contributed by atoms with Crippen molar-refractivity contribution in [2.45, 2.75) is 24.0 Å². The average molecular weight is 344 g/mol. The van der Waals surface area contributed by atoms with Crippen molar-refractivity contribution in [1.82, 2.24) is 15.3 Å². The molecule has 3 N–H and O–H groups in total. The van der Waals surface area contributed by atoms with Gasteiger partial charge in [-0.3, -0.25) is 4.79 Å². The molecule has 1 aliphatic rings. The van der Waals surface area contributed by atoms with Crippen LogP contribution in [-0.4, -0.2) is 41.4 Å². The number of carbonyl (C=O) groups excluding carboxylic acids is 1. The fourth-order valence-corrected chi connectivity index (χ4v) is 3.00. The molecule has 24 heavy (non-hydrogen) atoms. The summed E-state index contributed by atoms with van der Waals surface area (Å²) in [5, 5.41) is 3.68. The number of hydrogen-bond donors (Lipinski definition) is 2. The van der Waals surface area contributed by atoms with Gasteiger partial charge in [-0.05, 0) is 31.2 Å². The Morgan fingerprint density at radius 2 is 2.08 bits per heavy atom. The fourth-order valence-electron chi connectivity index (χ4n) is 2.61. The highest BCUT2D eigenvalue weighted by Gasteiger charge is 2.17. The Hall–Kier alpha value is -2.12. The molecule has 0 bridgehead atoms. The Morgan fingerprint density at radius 1 is 1.29 bits per heavy atom. The lowest BCUT2D eigenvalue weighted by Gasteiger charge is -2.23. The van der Waals surface area contributed by atoms with Gasteiger partial charge in [-0.1, -0.05) is 23.9 Å². The van der Waals surface area contributed by atoms with Crippen LogP contribution in [0.2, 0.25) is 0 Å². The van der Waals surface area contributed by atoms with Crippen LogP contribution in [-0.2, 0) is 4.74 Å². The lowest BCUT2D eigenvalue weighted by Crippen LogP contribution is -2.38. The summed E-state index contributed by atoms with van der Waals surface area (Å²) in [6.07, 6.45) is 3.60. The number of nitrogen functional groups attached to an aromatic ring is 1.